The Kier molecular flexibility index (Phi) is 5.01. The van der Waals surface area contributed by atoms with Gasteiger partial charge in [0, 0.05) is 17.9 Å². The zero-order chi connectivity index (χ0) is 26.9. The largest absolute Gasteiger partial charge is 0.0537 e. The van der Waals surface area contributed by atoms with Crippen LogP contribution in [0, 0.1) is 0 Å². The van der Waals surface area contributed by atoms with E-state index in [0.717, 1.165) is 17.9 Å². The van der Waals surface area contributed by atoms with Gasteiger partial charge in [-0.05, 0) is 135 Å². The van der Waals surface area contributed by atoms with Crippen LogP contribution in [-0.2, 0) is 0 Å². The molecule has 0 spiro atoms. The van der Waals surface area contributed by atoms with Crippen molar-refractivity contribution in [1.82, 2.24) is 0 Å². The van der Waals surface area contributed by atoms with Gasteiger partial charge in [0.15, 0.2) is 0 Å². The Bertz CT molecular complexity index is 2230. The molecular formula is C36H16Br4. The maximum absolute atomic E-state index is 3.88. The van der Waals surface area contributed by atoms with E-state index in [1.54, 1.807) is 0 Å². The highest BCUT2D eigenvalue weighted by atomic mass is 79.9. The fourth-order valence-electron chi connectivity index (χ4n) is 6.70. The van der Waals surface area contributed by atoms with Crippen LogP contribution in [0.3, 0.4) is 0 Å². The Hall–Kier alpha value is -2.76. The van der Waals surface area contributed by atoms with Crippen LogP contribution in [0.4, 0.5) is 0 Å². The minimum absolute atomic E-state index is 1.11. The van der Waals surface area contributed by atoms with Crippen LogP contribution in [0.5, 0.6) is 0 Å². The molecule has 9 aromatic carbocycles. The first kappa shape index (κ1) is 23.9. The van der Waals surface area contributed by atoms with E-state index in [0.29, 0.717) is 0 Å². The fourth-order valence-corrected chi connectivity index (χ4v) is 9.07. The van der Waals surface area contributed by atoms with E-state index in [2.05, 4.69) is 161 Å². The molecule has 0 saturated carbocycles. The summed E-state index contributed by atoms with van der Waals surface area (Å²) >= 11 is 15.5. The lowest BCUT2D eigenvalue weighted by Gasteiger charge is -2.15. The summed E-state index contributed by atoms with van der Waals surface area (Å²) in [6.07, 6.45) is 0. The molecule has 0 saturated heterocycles. The molecule has 0 aromatic heterocycles. The molecule has 9 aromatic rings. The third kappa shape index (κ3) is 3.22. The first-order chi connectivity index (χ1) is 19.4. The normalized spacial score (nSPS) is 12.5. The number of hydrogen-bond acceptors (Lipinski definition) is 0. The highest BCUT2D eigenvalue weighted by Crippen LogP contribution is 2.44. The Morgan fingerprint density at radius 1 is 0.250 bits per heavy atom. The van der Waals surface area contributed by atoms with E-state index >= 15 is 0 Å². The van der Waals surface area contributed by atoms with Gasteiger partial charge in [0.05, 0.1) is 0 Å². The summed E-state index contributed by atoms with van der Waals surface area (Å²) < 4.78 is 4.44. The minimum Gasteiger partial charge on any atom is -0.0537 e. The van der Waals surface area contributed by atoms with Crippen molar-refractivity contribution < 1.29 is 0 Å². The van der Waals surface area contributed by atoms with Gasteiger partial charge in [-0.15, -0.1) is 0 Å². The molecule has 4 heteroatoms. The smallest absolute Gasteiger partial charge is 0.0260 e. The summed E-state index contributed by atoms with van der Waals surface area (Å²) in [5.74, 6) is 0. The number of benzene rings is 8. The van der Waals surface area contributed by atoms with Crippen LogP contribution in [0.1, 0.15) is 0 Å². The highest BCUT2D eigenvalue weighted by molar-refractivity contribution is 9.11. The summed E-state index contributed by atoms with van der Waals surface area (Å²) in [4.78, 5) is 0. The molecule has 188 valence electrons. The van der Waals surface area contributed by atoms with Gasteiger partial charge in [0.1, 0.15) is 0 Å². The molecule has 0 unspecified atom stereocenters. The van der Waals surface area contributed by atoms with Crippen LogP contribution in [0.2, 0.25) is 0 Å². The van der Waals surface area contributed by atoms with Crippen molar-refractivity contribution in [3.05, 3.63) is 115 Å². The molecule has 0 aliphatic rings. The van der Waals surface area contributed by atoms with E-state index in [4.69, 9.17) is 0 Å². The molecule has 8 bridgehead atoms. The topological polar surface area (TPSA) is 0 Å². The van der Waals surface area contributed by atoms with Gasteiger partial charge in [-0.2, -0.15) is 0 Å². The van der Waals surface area contributed by atoms with Crippen molar-refractivity contribution in [2.24, 2.45) is 0 Å². The van der Waals surface area contributed by atoms with E-state index in [1.807, 2.05) is 0 Å². The predicted octanol–water partition coefficient (Wildman–Crippen LogP) is 13.4. The summed E-state index contributed by atoms with van der Waals surface area (Å²) in [7, 11) is 0. The Morgan fingerprint density at radius 2 is 0.500 bits per heavy atom. The maximum Gasteiger partial charge on any atom is 0.0260 e. The van der Waals surface area contributed by atoms with Gasteiger partial charge in [-0.25, -0.2) is 0 Å². The second kappa shape index (κ2) is 8.39. The van der Waals surface area contributed by atoms with Gasteiger partial charge in [-0.1, -0.05) is 112 Å². The molecule has 9 rings (SSSR count). The molecule has 0 nitrogen and oxygen atoms in total. The standard InChI is InChI=1S/C36H16Br4/c37-31-13-21-14-33(39)25-7-3-19-11-29(25)35(21)27-9-17(1-5-23(27)31)18-2-6-24-28(10-18)36-22(15-32(24)38)16-34(40)26-8-4-20(19)12-30(26)36/h1-16H. The first-order valence-electron chi connectivity index (χ1n) is 13.0. The lowest BCUT2D eigenvalue weighted by atomic mass is 9.92. The first-order valence-corrected chi connectivity index (χ1v) is 16.2. The van der Waals surface area contributed by atoms with Gasteiger partial charge in [0.2, 0.25) is 0 Å². The highest BCUT2D eigenvalue weighted by Gasteiger charge is 2.15. The molecule has 0 aliphatic carbocycles. The average molecular weight is 768 g/mol. The van der Waals surface area contributed by atoms with Gasteiger partial charge < -0.3 is 0 Å². The zero-order valence-electron chi connectivity index (χ0n) is 20.7. The molecule has 0 atom stereocenters. The number of rotatable bonds is 0. The van der Waals surface area contributed by atoms with Gasteiger partial charge in [-0.3, -0.25) is 0 Å². The summed E-state index contributed by atoms with van der Waals surface area (Å²) in [6.45, 7) is 0. The monoisotopic (exact) mass is 764 g/mol. The molecule has 0 aliphatic heterocycles. The van der Waals surface area contributed by atoms with Gasteiger partial charge >= 0.3 is 0 Å². The van der Waals surface area contributed by atoms with Crippen molar-refractivity contribution in [3.63, 3.8) is 0 Å². The van der Waals surface area contributed by atoms with Crippen LogP contribution in [0.15, 0.2) is 115 Å². The maximum atomic E-state index is 3.88. The zero-order valence-corrected chi connectivity index (χ0v) is 27.1. The summed E-state index contributed by atoms with van der Waals surface area (Å²) in [6, 6.07) is 36.6. The molecule has 0 radical (unpaired) electrons. The van der Waals surface area contributed by atoms with Crippen LogP contribution in [-0.4, -0.2) is 0 Å². The second-order valence-electron chi connectivity index (χ2n) is 10.7. The number of halogens is 4. The number of hydrogen-bond donors (Lipinski definition) is 0. The average Bonchev–Trinajstić information content (AvgIpc) is 2.95. The van der Waals surface area contributed by atoms with Crippen molar-refractivity contribution in [2.45, 2.75) is 0 Å². The van der Waals surface area contributed by atoms with Crippen LogP contribution in [0.25, 0.3) is 86.2 Å². The SMILES string of the molecule is Brc1cc2cc(Br)c3ccc4cc3c2c2cc(ccc12)c1ccc2c(Br)cc3cc(Br)c5ccc4cc5c3c2c1. The van der Waals surface area contributed by atoms with Crippen molar-refractivity contribution in [1.29, 1.82) is 0 Å². The van der Waals surface area contributed by atoms with Crippen molar-refractivity contribution >= 4 is 150 Å². The second-order valence-corrected chi connectivity index (χ2v) is 14.1. The Balaban J connectivity index is 1.67. The third-order valence-corrected chi connectivity index (χ3v) is 11.2. The Labute approximate surface area is 262 Å². The van der Waals surface area contributed by atoms with E-state index in [-0.39, 0.29) is 0 Å². The molecular weight excluding hydrogens is 752 g/mol. The summed E-state index contributed by atoms with van der Waals surface area (Å²) in [5, 5.41) is 19.8. The summed E-state index contributed by atoms with van der Waals surface area (Å²) in [5.41, 5.74) is 0. The van der Waals surface area contributed by atoms with E-state index in [1.165, 1.54) is 86.2 Å². The fraction of sp³-hybridized carbons (Fsp3) is 0. The van der Waals surface area contributed by atoms with Gasteiger partial charge in [0.25, 0.3) is 0 Å². The molecule has 0 fully saturated rings. The lowest BCUT2D eigenvalue weighted by molar-refractivity contribution is 1.74. The molecule has 0 amide bonds. The van der Waals surface area contributed by atoms with Crippen LogP contribution < -0.4 is 0 Å². The predicted molar refractivity (Wildman–Crippen MR) is 188 cm³/mol. The Morgan fingerprint density at radius 3 is 0.750 bits per heavy atom. The molecule has 40 heavy (non-hydrogen) atoms. The quantitative estimate of drug-likeness (QED) is 0.135. The van der Waals surface area contributed by atoms with E-state index in [9.17, 15) is 0 Å². The number of fused-ring (bicyclic) bond motifs is 6. The van der Waals surface area contributed by atoms with E-state index < -0.39 is 0 Å². The van der Waals surface area contributed by atoms with Crippen molar-refractivity contribution in [3.8, 4) is 0 Å². The van der Waals surface area contributed by atoms with Crippen molar-refractivity contribution in [2.75, 3.05) is 0 Å². The minimum atomic E-state index is 1.11. The molecule has 0 heterocycles. The molecule has 0 N–H and O–H groups in total. The third-order valence-electron chi connectivity index (χ3n) is 8.56. The lowest BCUT2D eigenvalue weighted by Crippen LogP contribution is -1.87. The van der Waals surface area contributed by atoms with Crippen LogP contribution >= 0.6 is 63.7 Å².